The number of hydrogen-bond donors (Lipinski definition) is 0. The van der Waals surface area contributed by atoms with Gasteiger partial charge in [-0.25, -0.2) is 4.79 Å². The van der Waals surface area contributed by atoms with E-state index in [0.29, 0.717) is 0 Å². The molecule has 0 amide bonds. The smallest absolute Gasteiger partial charge is 0.371 e. The van der Waals surface area contributed by atoms with E-state index in [1.54, 1.807) is 20.8 Å². The molecular formula is C6H10O3. The zero-order valence-electron chi connectivity index (χ0n) is 5.80. The maximum atomic E-state index is 10.2. The summed E-state index contributed by atoms with van der Waals surface area (Å²) in [5, 5.41) is 0. The molecule has 0 aromatic rings. The van der Waals surface area contributed by atoms with E-state index in [1.807, 2.05) is 0 Å². The van der Waals surface area contributed by atoms with Crippen LogP contribution in [0.15, 0.2) is 0 Å². The molecule has 0 spiro atoms. The molecule has 0 aliphatic rings. The van der Waals surface area contributed by atoms with Crippen molar-refractivity contribution in [3.05, 3.63) is 0 Å². The Kier molecular flexibility index (Phi) is 2.37. The van der Waals surface area contributed by atoms with E-state index in [9.17, 15) is 9.59 Å². The van der Waals surface area contributed by atoms with Crippen molar-refractivity contribution in [3.63, 3.8) is 0 Å². The molecular weight excluding hydrogens is 120 g/mol. The Hall–Kier alpha value is -0.860. The second kappa shape index (κ2) is 2.62. The summed E-state index contributed by atoms with van der Waals surface area (Å²) in [5.41, 5.74) is -0.558. The summed E-state index contributed by atoms with van der Waals surface area (Å²) in [5.74, 6) is -0.817. The fraction of sp³-hybridized carbons (Fsp3) is 0.667. The number of carbonyl (C=O) groups excluding carboxylic acids is 2. The minimum absolute atomic E-state index is 0.158. The van der Waals surface area contributed by atoms with Gasteiger partial charge in [0, 0.05) is 0 Å². The normalized spacial score (nSPS) is 10.6. The summed E-state index contributed by atoms with van der Waals surface area (Å²) in [6.45, 7) is 5.11. The number of hydrogen-bond acceptors (Lipinski definition) is 3. The second-order valence-corrected chi connectivity index (χ2v) is 2.65. The third-order valence-corrected chi connectivity index (χ3v) is 0.503. The standard InChI is InChI=1S/C6H10O3/c1-6(2,3)9-5(8)4-7/h4H,1-3H3. The van der Waals surface area contributed by atoms with Gasteiger partial charge in [-0.3, -0.25) is 4.79 Å². The lowest BCUT2D eigenvalue weighted by molar-refractivity contribution is -0.157. The lowest BCUT2D eigenvalue weighted by atomic mass is 10.2. The van der Waals surface area contributed by atoms with Crippen LogP contribution >= 0.6 is 0 Å². The highest BCUT2D eigenvalue weighted by atomic mass is 16.6. The van der Waals surface area contributed by atoms with E-state index in [1.165, 1.54) is 0 Å². The summed E-state index contributed by atoms with van der Waals surface area (Å²) in [7, 11) is 0. The van der Waals surface area contributed by atoms with Crippen molar-refractivity contribution in [1.29, 1.82) is 0 Å². The van der Waals surface area contributed by atoms with Crippen LogP contribution in [0.25, 0.3) is 0 Å². The molecule has 0 saturated heterocycles. The highest BCUT2D eigenvalue weighted by molar-refractivity contribution is 6.20. The monoisotopic (exact) mass is 130 g/mol. The summed E-state index contributed by atoms with van der Waals surface area (Å²) in [6, 6.07) is 0. The Morgan fingerprint density at radius 2 is 1.89 bits per heavy atom. The molecule has 0 bridgehead atoms. The first kappa shape index (κ1) is 8.14. The molecule has 0 aliphatic carbocycles. The molecule has 0 aliphatic heterocycles. The number of rotatable bonds is 1. The van der Waals surface area contributed by atoms with Crippen molar-refractivity contribution < 1.29 is 14.3 Å². The van der Waals surface area contributed by atoms with E-state index in [4.69, 9.17) is 0 Å². The van der Waals surface area contributed by atoms with Crippen molar-refractivity contribution in [1.82, 2.24) is 0 Å². The van der Waals surface area contributed by atoms with Crippen LogP contribution in [0.3, 0.4) is 0 Å². The van der Waals surface area contributed by atoms with Gasteiger partial charge < -0.3 is 4.74 Å². The van der Waals surface area contributed by atoms with Crippen LogP contribution < -0.4 is 0 Å². The molecule has 0 aromatic heterocycles. The average molecular weight is 130 g/mol. The Morgan fingerprint density at radius 1 is 1.44 bits per heavy atom. The molecule has 52 valence electrons. The number of aldehydes is 1. The summed E-state index contributed by atoms with van der Waals surface area (Å²) >= 11 is 0. The van der Waals surface area contributed by atoms with Gasteiger partial charge in [-0.15, -0.1) is 0 Å². The van der Waals surface area contributed by atoms with Gasteiger partial charge in [0.2, 0.25) is 6.29 Å². The summed E-state index contributed by atoms with van der Waals surface area (Å²) in [4.78, 5) is 19.9. The Bertz CT molecular complexity index is 121. The molecule has 0 fully saturated rings. The summed E-state index contributed by atoms with van der Waals surface area (Å²) in [6.07, 6.45) is 0.158. The van der Waals surface area contributed by atoms with Crippen molar-refractivity contribution in [2.45, 2.75) is 26.4 Å². The number of ether oxygens (including phenoxy) is 1. The van der Waals surface area contributed by atoms with E-state index in [2.05, 4.69) is 4.74 Å². The van der Waals surface area contributed by atoms with Gasteiger partial charge in [0.1, 0.15) is 5.60 Å². The van der Waals surface area contributed by atoms with Gasteiger partial charge in [-0.05, 0) is 20.8 Å². The van der Waals surface area contributed by atoms with Gasteiger partial charge in [-0.1, -0.05) is 0 Å². The highest BCUT2D eigenvalue weighted by Gasteiger charge is 2.14. The number of carbonyl (C=O) groups is 2. The predicted molar refractivity (Wildman–Crippen MR) is 31.9 cm³/mol. The van der Waals surface area contributed by atoms with Crippen molar-refractivity contribution in [2.75, 3.05) is 0 Å². The predicted octanol–water partition coefficient (Wildman–Crippen LogP) is 0.527. The van der Waals surface area contributed by atoms with Crippen LogP contribution in [-0.4, -0.2) is 17.9 Å². The van der Waals surface area contributed by atoms with Crippen LogP contribution in [-0.2, 0) is 14.3 Å². The van der Waals surface area contributed by atoms with Gasteiger partial charge in [0.05, 0.1) is 0 Å². The topological polar surface area (TPSA) is 43.4 Å². The lowest BCUT2D eigenvalue weighted by Gasteiger charge is -2.16. The van der Waals surface area contributed by atoms with Crippen molar-refractivity contribution in [3.8, 4) is 0 Å². The molecule has 0 radical (unpaired) electrons. The fourth-order valence-electron chi connectivity index (χ4n) is 0.326. The van der Waals surface area contributed by atoms with Crippen LogP contribution in [0.4, 0.5) is 0 Å². The maximum Gasteiger partial charge on any atom is 0.371 e. The van der Waals surface area contributed by atoms with Crippen LogP contribution in [0.1, 0.15) is 20.8 Å². The van der Waals surface area contributed by atoms with Gasteiger partial charge >= 0.3 is 5.97 Å². The van der Waals surface area contributed by atoms with Crippen LogP contribution in [0.2, 0.25) is 0 Å². The Morgan fingerprint density at radius 3 is 2.00 bits per heavy atom. The van der Waals surface area contributed by atoms with Gasteiger partial charge in [0.15, 0.2) is 0 Å². The maximum absolute atomic E-state index is 10.2. The van der Waals surface area contributed by atoms with Crippen molar-refractivity contribution >= 4 is 12.3 Å². The average Bonchev–Trinajstić information content (AvgIpc) is 1.62. The van der Waals surface area contributed by atoms with E-state index < -0.39 is 11.6 Å². The van der Waals surface area contributed by atoms with E-state index >= 15 is 0 Å². The molecule has 0 saturated carbocycles. The SMILES string of the molecule is CC(C)(C)OC(=O)C=O. The van der Waals surface area contributed by atoms with E-state index in [0.717, 1.165) is 0 Å². The molecule has 3 nitrogen and oxygen atoms in total. The zero-order chi connectivity index (χ0) is 7.49. The molecule has 9 heavy (non-hydrogen) atoms. The highest BCUT2D eigenvalue weighted by Crippen LogP contribution is 2.05. The molecule has 0 rings (SSSR count). The molecule has 0 unspecified atom stereocenters. The third kappa shape index (κ3) is 5.00. The zero-order valence-corrected chi connectivity index (χ0v) is 5.80. The lowest BCUT2D eigenvalue weighted by Crippen LogP contribution is -2.24. The van der Waals surface area contributed by atoms with Crippen LogP contribution in [0, 0.1) is 0 Å². The Labute approximate surface area is 54.0 Å². The van der Waals surface area contributed by atoms with Crippen molar-refractivity contribution in [2.24, 2.45) is 0 Å². The quantitative estimate of drug-likeness (QED) is 0.295. The largest absolute Gasteiger partial charge is 0.454 e. The summed E-state index contributed by atoms with van der Waals surface area (Å²) < 4.78 is 4.58. The van der Waals surface area contributed by atoms with Gasteiger partial charge in [-0.2, -0.15) is 0 Å². The van der Waals surface area contributed by atoms with E-state index in [-0.39, 0.29) is 6.29 Å². The molecule has 3 heteroatoms. The minimum Gasteiger partial charge on any atom is -0.454 e. The second-order valence-electron chi connectivity index (χ2n) is 2.65. The minimum atomic E-state index is -0.817. The number of esters is 1. The Balaban J connectivity index is 3.74. The molecule has 0 N–H and O–H groups in total. The molecule has 0 heterocycles. The first-order chi connectivity index (χ1) is 3.95. The molecule has 0 aromatic carbocycles. The third-order valence-electron chi connectivity index (χ3n) is 0.503. The van der Waals surface area contributed by atoms with Crippen LogP contribution in [0.5, 0.6) is 0 Å². The fourth-order valence-corrected chi connectivity index (χ4v) is 0.326. The van der Waals surface area contributed by atoms with Gasteiger partial charge in [0.25, 0.3) is 0 Å². The first-order valence-electron chi connectivity index (χ1n) is 2.64. The molecule has 0 atom stereocenters. The first-order valence-corrected chi connectivity index (χ1v) is 2.64.